The lowest BCUT2D eigenvalue weighted by Gasteiger charge is -2.11. The van der Waals surface area contributed by atoms with Crippen LogP contribution < -0.4 is 10.1 Å². The second kappa shape index (κ2) is 6.92. The second-order valence-corrected chi connectivity index (χ2v) is 4.86. The Kier molecular flexibility index (Phi) is 5.23. The molecule has 5 heteroatoms. The molecule has 0 spiro atoms. The topological polar surface area (TPSA) is 43.4 Å². The van der Waals surface area contributed by atoms with Crippen molar-refractivity contribution in [2.45, 2.75) is 19.9 Å². The molecule has 18 heavy (non-hydrogen) atoms. The first kappa shape index (κ1) is 13.6. The van der Waals surface area contributed by atoms with Crippen LogP contribution in [0.2, 0.25) is 5.02 Å². The molecule has 100 valence electrons. The Balaban J connectivity index is 1.87. The third-order valence-electron chi connectivity index (χ3n) is 2.92. The molecule has 0 amide bonds. The van der Waals surface area contributed by atoms with Gasteiger partial charge in [0.15, 0.2) is 0 Å². The minimum absolute atomic E-state index is 0.462. The summed E-state index contributed by atoms with van der Waals surface area (Å²) in [5.74, 6) is 0.980. The lowest BCUT2D eigenvalue weighted by molar-refractivity contribution is 0.165. The first-order chi connectivity index (χ1) is 8.79. The van der Waals surface area contributed by atoms with Gasteiger partial charge in [0.2, 0.25) is 5.88 Å². The number of aromatic nitrogens is 1. The van der Waals surface area contributed by atoms with Crippen molar-refractivity contribution < 1.29 is 9.47 Å². The number of nitrogens with one attached hydrogen (secondary N) is 1. The third-order valence-corrected chi connectivity index (χ3v) is 3.19. The van der Waals surface area contributed by atoms with E-state index in [2.05, 4.69) is 17.2 Å². The van der Waals surface area contributed by atoms with Crippen LogP contribution in [0.25, 0.3) is 0 Å². The van der Waals surface area contributed by atoms with Crippen LogP contribution in [0.4, 0.5) is 0 Å². The standard InChI is InChI=1S/C13H19ClN2O2/c1-2-15-6-11-5-12(14)13(16-7-11)18-9-10-3-4-17-8-10/h5,7,10,15H,2-4,6,8-9H2,1H3. The number of ether oxygens (including phenoxy) is 2. The molecule has 2 rings (SSSR count). The first-order valence-electron chi connectivity index (χ1n) is 6.35. The summed E-state index contributed by atoms with van der Waals surface area (Å²) in [6.07, 6.45) is 2.85. The van der Waals surface area contributed by atoms with Crippen molar-refractivity contribution in [2.24, 2.45) is 5.92 Å². The average Bonchev–Trinajstić information content (AvgIpc) is 2.88. The Bertz CT molecular complexity index is 381. The van der Waals surface area contributed by atoms with E-state index < -0.39 is 0 Å². The number of pyridine rings is 1. The van der Waals surface area contributed by atoms with Crippen molar-refractivity contribution in [1.82, 2.24) is 10.3 Å². The fourth-order valence-corrected chi connectivity index (χ4v) is 2.09. The summed E-state index contributed by atoms with van der Waals surface area (Å²) in [4.78, 5) is 4.26. The zero-order valence-electron chi connectivity index (χ0n) is 10.6. The number of hydrogen-bond donors (Lipinski definition) is 1. The highest BCUT2D eigenvalue weighted by Gasteiger charge is 2.17. The van der Waals surface area contributed by atoms with Gasteiger partial charge in [-0.15, -0.1) is 0 Å². The maximum Gasteiger partial charge on any atom is 0.232 e. The van der Waals surface area contributed by atoms with Crippen LogP contribution in [0.1, 0.15) is 18.9 Å². The molecule has 1 aromatic heterocycles. The highest BCUT2D eigenvalue weighted by atomic mass is 35.5. The van der Waals surface area contributed by atoms with E-state index in [1.54, 1.807) is 6.20 Å². The van der Waals surface area contributed by atoms with Crippen LogP contribution in [0.5, 0.6) is 5.88 Å². The highest BCUT2D eigenvalue weighted by Crippen LogP contribution is 2.24. The summed E-state index contributed by atoms with van der Waals surface area (Å²) >= 11 is 6.15. The molecule has 1 aliphatic heterocycles. The molecule has 2 heterocycles. The minimum Gasteiger partial charge on any atom is -0.476 e. The molecule has 1 atom stereocenters. The summed E-state index contributed by atoms with van der Waals surface area (Å²) in [5.41, 5.74) is 1.07. The average molecular weight is 271 g/mol. The van der Waals surface area contributed by atoms with Gasteiger partial charge in [-0.2, -0.15) is 0 Å². The molecule has 1 saturated heterocycles. The normalized spacial score (nSPS) is 19.1. The molecule has 1 aliphatic rings. The fraction of sp³-hybridized carbons (Fsp3) is 0.615. The van der Waals surface area contributed by atoms with Crippen molar-refractivity contribution in [3.8, 4) is 5.88 Å². The van der Waals surface area contributed by atoms with E-state index in [-0.39, 0.29) is 0 Å². The van der Waals surface area contributed by atoms with Crippen LogP contribution in [-0.2, 0) is 11.3 Å². The van der Waals surface area contributed by atoms with Gasteiger partial charge in [0.05, 0.1) is 13.2 Å². The molecular formula is C13H19ClN2O2. The maximum atomic E-state index is 6.15. The number of halogens is 1. The van der Waals surface area contributed by atoms with Gasteiger partial charge in [0.25, 0.3) is 0 Å². The second-order valence-electron chi connectivity index (χ2n) is 4.45. The van der Waals surface area contributed by atoms with Crippen molar-refractivity contribution in [1.29, 1.82) is 0 Å². The van der Waals surface area contributed by atoms with Crippen LogP contribution in [0, 0.1) is 5.92 Å². The Morgan fingerprint density at radius 1 is 1.61 bits per heavy atom. The summed E-state index contributed by atoms with van der Waals surface area (Å²) in [7, 11) is 0. The van der Waals surface area contributed by atoms with E-state index in [4.69, 9.17) is 21.1 Å². The lowest BCUT2D eigenvalue weighted by Crippen LogP contribution is -2.14. The SMILES string of the molecule is CCNCc1cnc(OCC2CCOC2)c(Cl)c1. The lowest BCUT2D eigenvalue weighted by atomic mass is 10.1. The summed E-state index contributed by atoms with van der Waals surface area (Å²) in [6.45, 7) is 6.00. The minimum atomic E-state index is 0.462. The zero-order valence-corrected chi connectivity index (χ0v) is 11.4. The van der Waals surface area contributed by atoms with Gasteiger partial charge in [-0.25, -0.2) is 4.98 Å². The number of rotatable bonds is 6. The molecule has 1 aromatic rings. The van der Waals surface area contributed by atoms with Crippen LogP contribution in [-0.4, -0.2) is 31.3 Å². The molecule has 1 fully saturated rings. The monoisotopic (exact) mass is 270 g/mol. The van der Waals surface area contributed by atoms with Gasteiger partial charge in [-0.05, 0) is 24.6 Å². The first-order valence-corrected chi connectivity index (χ1v) is 6.73. The molecule has 1 N–H and O–H groups in total. The third kappa shape index (κ3) is 3.83. The van der Waals surface area contributed by atoms with E-state index in [1.165, 1.54) is 0 Å². The zero-order chi connectivity index (χ0) is 12.8. The molecule has 0 bridgehead atoms. The Morgan fingerprint density at radius 3 is 3.17 bits per heavy atom. The summed E-state index contributed by atoms with van der Waals surface area (Å²) < 4.78 is 10.9. The summed E-state index contributed by atoms with van der Waals surface area (Å²) in [5, 5.41) is 3.81. The fourth-order valence-electron chi connectivity index (χ4n) is 1.85. The van der Waals surface area contributed by atoms with Crippen LogP contribution >= 0.6 is 11.6 Å². The quantitative estimate of drug-likeness (QED) is 0.861. The molecular weight excluding hydrogens is 252 g/mol. The van der Waals surface area contributed by atoms with E-state index in [1.807, 2.05) is 6.07 Å². The smallest absolute Gasteiger partial charge is 0.232 e. The predicted octanol–water partition coefficient (Wildman–Crippen LogP) is 2.26. The van der Waals surface area contributed by atoms with Crippen molar-refractivity contribution in [3.05, 3.63) is 22.8 Å². The van der Waals surface area contributed by atoms with Gasteiger partial charge in [0.1, 0.15) is 5.02 Å². The van der Waals surface area contributed by atoms with E-state index in [0.717, 1.165) is 38.3 Å². The van der Waals surface area contributed by atoms with Gasteiger partial charge in [0, 0.05) is 25.3 Å². The highest BCUT2D eigenvalue weighted by molar-refractivity contribution is 6.31. The molecule has 4 nitrogen and oxygen atoms in total. The van der Waals surface area contributed by atoms with Gasteiger partial charge in [-0.1, -0.05) is 18.5 Å². The van der Waals surface area contributed by atoms with Crippen LogP contribution in [0.3, 0.4) is 0 Å². The Labute approximate surface area is 113 Å². The van der Waals surface area contributed by atoms with Gasteiger partial charge in [-0.3, -0.25) is 0 Å². The van der Waals surface area contributed by atoms with Gasteiger partial charge >= 0.3 is 0 Å². The largest absolute Gasteiger partial charge is 0.476 e. The van der Waals surface area contributed by atoms with Crippen molar-refractivity contribution in [3.63, 3.8) is 0 Å². The Morgan fingerprint density at radius 2 is 2.50 bits per heavy atom. The van der Waals surface area contributed by atoms with E-state index in [0.29, 0.717) is 23.4 Å². The molecule has 1 unspecified atom stereocenters. The van der Waals surface area contributed by atoms with Crippen molar-refractivity contribution >= 4 is 11.6 Å². The van der Waals surface area contributed by atoms with E-state index in [9.17, 15) is 0 Å². The summed E-state index contributed by atoms with van der Waals surface area (Å²) in [6, 6.07) is 1.90. The molecule has 0 radical (unpaired) electrons. The Hall–Kier alpha value is -0.840. The van der Waals surface area contributed by atoms with Gasteiger partial charge < -0.3 is 14.8 Å². The maximum absolute atomic E-state index is 6.15. The van der Waals surface area contributed by atoms with Crippen LogP contribution in [0.15, 0.2) is 12.3 Å². The van der Waals surface area contributed by atoms with E-state index >= 15 is 0 Å². The molecule has 0 aliphatic carbocycles. The molecule has 0 aromatic carbocycles. The van der Waals surface area contributed by atoms with Crippen molar-refractivity contribution in [2.75, 3.05) is 26.4 Å². The number of nitrogens with zero attached hydrogens (tertiary/aromatic N) is 1. The number of hydrogen-bond acceptors (Lipinski definition) is 4. The predicted molar refractivity (Wildman–Crippen MR) is 71.0 cm³/mol. The molecule has 0 saturated carbocycles.